The summed E-state index contributed by atoms with van der Waals surface area (Å²) in [5.74, 6) is -0.592. The summed E-state index contributed by atoms with van der Waals surface area (Å²) < 4.78 is 13.9. The van der Waals surface area contributed by atoms with Crippen molar-refractivity contribution in [2.45, 2.75) is 57.5 Å². The first-order valence-electron chi connectivity index (χ1n) is 11.4. The van der Waals surface area contributed by atoms with Crippen molar-refractivity contribution in [1.82, 2.24) is 15.6 Å². The Balaban J connectivity index is 1.48. The van der Waals surface area contributed by atoms with E-state index in [1.54, 1.807) is 17.4 Å². The van der Waals surface area contributed by atoms with Crippen molar-refractivity contribution < 1.29 is 14.3 Å². The minimum Gasteiger partial charge on any atom is -0.396 e. The van der Waals surface area contributed by atoms with Crippen LogP contribution in [0.3, 0.4) is 0 Å². The van der Waals surface area contributed by atoms with Crippen molar-refractivity contribution in [3.05, 3.63) is 67.9 Å². The molecule has 1 amide bonds. The maximum Gasteiger partial charge on any atom is 0.248 e. The minimum atomic E-state index is -0.465. The molecule has 3 N–H and O–H groups in total. The first-order valence-corrected chi connectivity index (χ1v) is 12.6. The number of aliphatic hydroxyl groups excluding tert-OH is 1. The summed E-state index contributed by atoms with van der Waals surface area (Å²) in [5, 5.41) is 17.0. The van der Waals surface area contributed by atoms with Crippen molar-refractivity contribution in [3.8, 4) is 0 Å². The Morgan fingerprint density at radius 1 is 1.39 bits per heavy atom. The number of nitrogens with zero attached hydrogens (tertiary/aromatic N) is 1. The third kappa shape index (κ3) is 5.72. The number of rotatable bonds is 8. The highest BCUT2D eigenvalue weighted by Gasteiger charge is 2.31. The van der Waals surface area contributed by atoms with E-state index in [-0.39, 0.29) is 29.6 Å². The van der Waals surface area contributed by atoms with Gasteiger partial charge in [0.1, 0.15) is 10.8 Å². The fraction of sp³-hybridized carbons (Fsp3) is 0.440. The Morgan fingerprint density at radius 3 is 2.97 bits per heavy atom. The number of allylic oxidation sites excluding steroid dienone is 3. The molecule has 5 nitrogen and oxygen atoms in total. The topological polar surface area (TPSA) is 74.2 Å². The lowest BCUT2D eigenvalue weighted by atomic mass is 9.97. The number of aryl methyl sites for hydroxylation is 2. The molecular weight excluding hydrogens is 461 g/mol. The van der Waals surface area contributed by atoms with Gasteiger partial charge in [0, 0.05) is 29.5 Å². The molecule has 0 bridgehead atoms. The number of hydrogen-bond acceptors (Lipinski definition) is 5. The molecule has 1 aliphatic carbocycles. The van der Waals surface area contributed by atoms with Crippen molar-refractivity contribution >= 4 is 34.4 Å². The third-order valence-electron chi connectivity index (χ3n) is 6.22. The van der Waals surface area contributed by atoms with Crippen LogP contribution in [0.25, 0.3) is 5.57 Å². The molecule has 1 saturated heterocycles. The van der Waals surface area contributed by atoms with Gasteiger partial charge in [-0.3, -0.25) is 4.79 Å². The summed E-state index contributed by atoms with van der Waals surface area (Å²) in [6.45, 7) is 3.06. The SMILES string of the molecule is Cc1nc(C(NC(=O)C2=CC=C(c3ccc(Cl)c(F)c3)C2)C2CCCCN2)sc1CCCO. The number of hydrogen-bond donors (Lipinski definition) is 3. The first kappa shape index (κ1) is 24.1. The Hall–Kier alpha value is -2.06. The molecule has 4 rings (SSSR count). The molecule has 8 heteroatoms. The zero-order valence-electron chi connectivity index (χ0n) is 18.7. The van der Waals surface area contributed by atoms with E-state index in [1.807, 2.05) is 19.1 Å². The van der Waals surface area contributed by atoms with E-state index in [0.717, 1.165) is 58.9 Å². The van der Waals surface area contributed by atoms with Crippen LogP contribution in [0.5, 0.6) is 0 Å². The zero-order valence-corrected chi connectivity index (χ0v) is 20.2. The van der Waals surface area contributed by atoms with Gasteiger partial charge >= 0.3 is 0 Å². The van der Waals surface area contributed by atoms with Crippen molar-refractivity contribution in [3.63, 3.8) is 0 Å². The fourth-order valence-corrected chi connectivity index (χ4v) is 5.70. The van der Waals surface area contributed by atoms with Crippen LogP contribution in [0.1, 0.15) is 59.3 Å². The normalized spacial score (nSPS) is 19.2. The molecule has 2 aromatic rings. The Labute approximate surface area is 202 Å². The lowest BCUT2D eigenvalue weighted by molar-refractivity contribution is -0.118. The summed E-state index contributed by atoms with van der Waals surface area (Å²) in [6, 6.07) is 4.62. The molecule has 2 unspecified atom stereocenters. The maximum absolute atomic E-state index is 13.9. The Kier molecular flexibility index (Phi) is 7.96. The summed E-state index contributed by atoms with van der Waals surface area (Å²) in [7, 11) is 0. The molecule has 1 aromatic carbocycles. The van der Waals surface area contributed by atoms with Gasteiger partial charge < -0.3 is 15.7 Å². The Morgan fingerprint density at radius 2 is 2.24 bits per heavy atom. The summed E-state index contributed by atoms with van der Waals surface area (Å²) in [4.78, 5) is 19.2. The zero-order chi connectivity index (χ0) is 23.4. The molecule has 2 atom stereocenters. The number of carbonyl (C=O) groups excluding carboxylic acids is 1. The van der Waals surface area contributed by atoms with Crippen molar-refractivity contribution in [2.75, 3.05) is 13.2 Å². The molecule has 0 saturated carbocycles. The average molecular weight is 490 g/mol. The molecule has 0 radical (unpaired) electrons. The van der Waals surface area contributed by atoms with Crippen LogP contribution in [0.2, 0.25) is 5.02 Å². The van der Waals surface area contributed by atoms with Gasteiger partial charge in [0.25, 0.3) is 0 Å². The lowest BCUT2D eigenvalue weighted by Crippen LogP contribution is -2.46. The van der Waals surface area contributed by atoms with Gasteiger partial charge in [0.2, 0.25) is 5.91 Å². The Bertz CT molecular complexity index is 1080. The second-order valence-corrected chi connectivity index (χ2v) is 10.1. The smallest absolute Gasteiger partial charge is 0.248 e. The van der Waals surface area contributed by atoms with E-state index < -0.39 is 5.82 Å². The number of halogens is 2. The molecule has 0 spiro atoms. The quantitative estimate of drug-likeness (QED) is 0.494. The molecule has 176 valence electrons. The predicted octanol–water partition coefficient (Wildman–Crippen LogP) is 4.88. The molecular formula is C25H29ClFN3O2S. The van der Waals surface area contributed by atoms with E-state index in [4.69, 9.17) is 16.6 Å². The van der Waals surface area contributed by atoms with E-state index in [2.05, 4.69) is 10.6 Å². The first-order chi connectivity index (χ1) is 16.0. The van der Waals surface area contributed by atoms with Crippen LogP contribution < -0.4 is 10.6 Å². The van der Waals surface area contributed by atoms with Crippen LogP contribution in [0.4, 0.5) is 4.39 Å². The van der Waals surface area contributed by atoms with E-state index in [0.29, 0.717) is 18.4 Å². The number of piperidine rings is 1. The van der Waals surface area contributed by atoms with E-state index >= 15 is 0 Å². The minimum absolute atomic E-state index is 0.0863. The van der Waals surface area contributed by atoms with Crippen LogP contribution in [0.15, 0.2) is 35.9 Å². The van der Waals surface area contributed by atoms with Gasteiger partial charge in [-0.1, -0.05) is 36.2 Å². The number of amides is 1. The standard InChI is InChI=1S/C25H29ClFN3O2S/c1-15-22(6-4-12-31)33-25(29-15)23(21-5-2-3-11-28-21)30-24(32)18-8-7-16(13-18)17-9-10-19(26)20(27)14-17/h7-10,14,21,23,28,31H,2-6,11-13H2,1H3,(H,30,32). The summed E-state index contributed by atoms with van der Waals surface area (Å²) in [5.41, 5.74) is 3.23. The number of thiazole rings is 1. The number of aliphatic hydroxyl groups is 1. The molecule has 2 heterocycles. The van der Waals surface area contributed by atoms with E-state index in [1.165, 1.54) is 12.1 Å². The summed E-state index contributed by atoms with van der Waals surface area (Å²) >= 11 is 7.42. The van der Waals surface area contributed by atoms with Crippen LogP contribution in [-0.4, -0.2) is 35.2 Å². The summed E-state index contributed by atoms with van der Waals surface area (Å²) in [6.07, 6.45) is 8.82. The number of nitrogens with one attached hydrogen (secondary N) is 2. The molecule has 33 heavy (non-hydrogen) atoms. The van der Waals surface area contributed by atoms with Crippen LogP contribution in [-0.2, 0) is 11.2 Å². The molecule has 1 fully saturated rings. The second kappa shape index (κ2) is 10.9. The highest BCUT2D eigenvalue weighted by molar-refractivity contribution is 7.11. The van der Waals surface area contributed by atoms with Gasteiger partial charge in [-0.2, -0.15) is 0 Å². The second-order valence-electron chi connectivity index (χ2n) is 8.58. The van der Waals surface area contributed by atoms with Gasteiger partial charge in [-0.25, -0.2) is 9.37 Å². The predicted molar refractivity (Wildman–Crippen MR) is 131 cm³/mol. The van der Waals surface area contributed by atoms with Crippen LogP contribution in [0, 0.1) is 12.7 Å². The van der Waals surface area contributed by atoms with E-state index in [9.17, 15) is 14.3 Å². The monoisotopic (exact) mass is 489 g/mol. The number of benzene rings is 1. The maximum atomic E-state index is 13.9. The van der Waals surface area contributed by atoms with Crippen LogP contribution >= 0.6 is 22.9 Å². The number of carbonyl (C=O) groups is 1. The fourth-order valence-electron chi connectivity index (χ4n) is 4.36. The third-order valence-corrected chi connectivity index (χ3v) is 7.83. The van der Waals surface area contributed by atoms with Gasteiger partial charge in [-0.15, -0.1) is 11.3 Å². The molecule has 1 aromatic heterocycles. The molecule has 2 aliphatic rings. The van der Waals surface area contributed by atoms with Crippen molar-refractivity contribution in [1.29, 1.82) is 0 Å². The number of aromatic nitrogens is 1. The highest BCUT2D eigenvalue weighted by Crippen LogP contribution is 2.33. The van der Waals surface area contributed by atoms with Crippen molar-refractivity contribution in [2.24, 2.45) is 0 Å². The average Bonchev–Trinajstić information content (AvgIpc) is 3.45. The highest BCUT2D eigenvalue weighted by atomic mass is 35.5. The largest absolute Gasteiger partial charge is 0.396 e. The lowest BCUT2D eigenvalue weighted by Gasteiger charge is -2.31. The van der Waals surface area contributed by atoms with Gasteiger partial charge in [0.15, 0.2) is 0 Å². The van der Waals surface area contributed by atoms with Gasteiger partial charge in [-0.05, 0) is 62.4 Å². The van der Waals surface area contributed by atoms with Gasteiger partial charge in [0.05, 0.1) is 16.8 Å². The molecule has 1 aliphatic heterocycles.